The van der Waals surface area contributed by atoms with Gasteiger partial charge in [0.25, 0.3) is 0 Å². The quantitative estimate of drug-likeness (QED) is 0.774. The molecule has 3 fully saturated rings. The molecule has 3 aliphatic rings. The van der Waals surface area contributed by atoms with Gasteiger partial charge in [0.05, 0.1) is 12.7 Å². The molecular weight excluding hydrogens is 318 g/mol. The molecule has 22 heavy (non-hydrogen) atoms. The zero-order chi connectivity index (χ0) is 15.7. The molecule has 0 spiro atoms. The van der Waals surface area contributed by atoms with Crippen LogP contribution in [0.15, 0.2) is 9.81 Å². The summed E-state index contributed by atoms with van der Waals surface area (Å²) in [7, 11) is 0. The van der Waals surface area contributed by atoms with Crippen LogP contribution in [-0.4, -0.2) is 42.0 Å². The summed E-state index contributed by atoms with van der Waals surface area (Å²) in [6.07, 6.45) is 3.30. The number of thioether (sulfide) groups is 2. The van der Waals surface area contributed by atoms with Gasteiger partial charge >= 0.3 is 6.09 Å². The fourth-order valence-electron chi connectivity index (χ4n) is 3.04. The molecule has 3 atom stereocenters. The van der Waals surface area contributed by atoms with E-state index < -0.39 is 5.60 Å². The molecule has 1 saturated carbocycles. The number of hydrogen-bond donors (Lipinski definition) is 1. The van der Waals surface area contributed by atoms with E-state index in [9.17, 15) is 4.79 Å². The van der Waals surface area contributed by atoms with Gasteiger partial charge in [-0.15, -0.1) is 23.5 Å². The zero-order valence-electron chi connectivity index (χ0n) is 13.5. The SMILES string of the molecule is CC(C)(C)OC(=O)NC1CC(=C2SCCCS2)CC1C1CO1. The summed E-state index contributed by atoms with van der Waals surface area (Å²) >= 11 is 3.97. The Morgan fingerprint density at radius 2 is 1.95 bits per heavy atom. The molecule has 0 radical (unpaired) electrons. The van der Waals surface area contributed by atoms with Crippen LogP contribution in [0.2, 0.25) is 0 Å². The molecule has 1 N–H and O–H groups in total. The third-order valence-electron chi connectivity index (χ3n) is 4.05. The molecule has 1 aliphatic carbocycles. The molecule has 2 heterocycles. The van der Waals surface area contributed by atoms with Gasteiger partial charge in [-0.25, -0.2) is 4.79 Å². The molecule has 2 aliphatic heterocycles. The van der Waals surface area contributed by atoms with Crippen molar-refractivity contribution in [1.29, 1.82) is 0 Å². The second-order valence-electron chi connectivity index (χ2n) is 7.14. The van der Waals surface area contributed by atoms with Gasteiger partial charge in [-0.05, 0) is 57.1 Å². The molecule has 1 amide bonds. The van der Waals surface area contributed by atoms with E-state index in [0.717, 1.165) is 19.4 Å². The Labute approximate surface area is 141 Å². The summed E-state index contributed by atoms with van der Waals surface area (Å²) in [5, 5.41) is 3.08. The van der Waals surface area contributed by atoms with Crippen LogP contribution >= 0.6 is 23.5 Å². The van der Waals surface area contributed by atoms with E-state index >= 15 is 0 Å². The normalized spacial score (nSPS) is 32.0. The first-order valence-corrected chi connectivity index (χ1v) is 9.98. The number of hydrogen-bond acceptors (Lipinski definition) is 5. The Morgan fingerprint density at radius 3 is 2.55 bits per heavy atom. The van der Waals surface area contributed by atoms with Crippen LogP contribution in [0.1, 0.15) is 40.0 Å². The highest BCUT2D eigenvalue weighted by atomic mass is 32.2. The smallest absolute Gasteiger partial charge is 0.407 e. The fraction of sp³-hybridized carbons (Fsp3) is 0.812. The van der Waals surface area contributed by atoms with E-state index in [-0.39, 0.29) is 12.1 Å². The average molecular weight is 344 g/mol. The minimum atomic E-state index is -0.454. The summed E-state index contributed by atoms with van der Waals surface area (Å²) in [6, 6.07) is 0.146. The van der Waals surface area contributed by atoms with Crippen LogP contribution in [-0.2, 0) is 9.47 Å². The van der Waals surface area contributed by atoms with Gasteiger partial charge in [-0.3, -0.25) is 0 Å². The monoisotopic (exact) mass is 343 g/mol. The van der Waals surface area contributed by atoms with Crippen LogP contribution in [0.25, 0.3) is 0 Å². The molecule has 3 unspecified atom stereocenters. The van der Waals surface area contributed by atoms with E-state index in [2.05, 4.69) is 5.32 Å². The van der Waals surface area contributed by atoms with E-state index in [1.54, 1.807) is 0 Å². The van der Waals surface area contributed by atoms with E-state index in [1.807, 2.05) is 44.3 Å². The lowest BCUT2D eigenvalue weighted by Crippen LogP contribution is -2.42. The number of alkyl carbamates (subject to hydrolysis) is 1. The van der Waals surface area contributed by atoms with Gasteiger partial charge in [0.15, 0.2) is 0 Å². The van der Waals surface area contributed by atoms with Crippen molar-refractivity contribution in [1.82, 2.24) is 5.32 Å². The Balaban J connectivity index is 1.65. The van der Waals surface area contributed by atoms with E-state index in [1.165, 1.54) is 27.7 Å². The van der Waals surface area contributed by atoms with Gasteiger partial charge in [-0.2, -0.15) is 0 Å². The molecule has 0 aromatic rings. The predicted molar refractivity (Wildman–Crippen MR) is 92.2 cm³/mol. The molecule has 0 aromatic heterocycles. The van der Waals surface area contributed by atoms with Crippen LogP contribution in [0, 0.1) is 5.92 Å². The second kappa shape index (κ2) is 6.65. The molecule has 2 saturated heterocycles. The van der Waals surface area contributed by atoms with Crippen molar-refractivity contribution < 1.29 is 14.3 Å². The van der Waals surface area contributed by atoms with E-state index in [4.69, 9.17) is 9.47 Å². The highest BCUT2D eigenvalue weighted by Crippen LogP contribution is 2.46. The minimum Gasteiger partial charge on any atom is -0.444 e. The largest absolute Gasteiger partial charge is 0.444 e. The average Bonchev–Trinajstić information content (AvgIpc) is 3.19. The maximum Gasteiger partial charge on any atom is 0.407 e. The molecular formula is C16H25NO3S2. The van der Waals surface area contributed by atoms with Crippen molar-refractivity contribution in [3.05, 3.63) is 9.81 Å². The van der Waals surface area contributed by atoms with Crippen LogP contribution in [0.4, 0.5) is 4.79 Å². The van der Waals surface area contributed by atoms with Crippen molar-refractivity contribution in [3.8, 4) is 0 Å². The van der Waals surface area contributed by atoms with Crippen molar-refractivity contribution in [3.63, 3.8) is 0 Å². The molecule has 124 valence electrons. The number of ether oxygens (including phenoxy) is 2. The minimum absolute atomic E-state index is 0.146. The highest BCUT2D eigenvalue weighted by molar-refractivity contribution is 8.22. The van der Waals surface area contributed by atoms with Crippen molar-refractivity contribution >= 4 is 29.6 Å². The van der Waals surface area contributed by atoms with Gasteiger partial charge in [0.2, 0.25) is 0 Å². The standard InChI is InChI=1S/C16H25NO3S2/c1-16(2,3)20-15(18)17-12-8-10(7-11(12)13-9-19-13)14-21-5-4-6-22-14/h11-13H,4-9H2,1-3H3,(H,17,18). The maximum absolute atomic E-state index is 12.1. The Morgan fingerprint density at radius 1 is 1.27 bits per heavy atom. The molecule has 4 nitrogen and oxygen atoms in total. The highest BCUT2D eigenvalue weighted by Gasteiger charge is 2.44. The second-order valence-corrected chi connectivity index (χ2v) is 9.61. The Kier molecular flexibility index (Phi) is 5.00. The van der Waals surface area contributed by atoms with Gasteiger partial charge in [-0.1, -0.05) is 0 Å². The van der Waals surface area contributed by atoms with Crippen molar-refractivity contribution in [2.24, 2.45) is 5.92 Å². The van der Waals surface area contributed by atoms with E-state index in [0.29, 0.717) is 12.0 Å². The molecule has 0 bridgehead atoms. The van der Waals surface area contributed by atoms with Crippen molar-refractivity contribution in [2.75, 3.05) is 18.1 Å². The summed E-state index contributed by atoms with van der Waals surface area (Å²) in [5.74, 6) is 2.85. The number of carbonyl (C=O) groups is 1. The zero-order valence-corrected chi connectivity index (χ0v) is 15.1. The summed E-state index contributed by atoms with van der Waals surface area (Å²) in [5.41, 5.74) is 1.06. The fourth-order valence-corrected chi connectivity index (χ4v) is 5.74. The third-order valence-corrected chi connectivity index (χ3v) is 6.84. The number of epoxide rings is 1. The first kappa shape index (κ1) is 16.5. The first-order valence-electron chi connectivity index (χ1n) is 8.01. The van der Waals surface area contributed by atoms with Crippen LogP contribution in [0.3, 0.4) is 0 Å². The number of amides is 1. The summed E-state index contributed by atoms with van der Waals surface area (Å²) in [4.78, 5) is 12.1. The Bertz CT molecular complexity index is 461. The maximum atomic E-state index is 12.1. The van der Waals surface area contributed by atoms with Gasteiger partial charge in [0, 0.05) is 16.2 Å². The van der Waals surface area contributed by atoms with Crippen LogP contribution in [0.5, 0.6) is 0 Å². The van der Waals surface area contributed by atoms with Crippen molar-refractivity contribution in [2.45, 2.75) is 57.8 Å². The number of carbonyl (C=O) groups excluding carboxylic acids is 1. The number of rotatable bonds is 2. The molecule has 3 rings (SSSR count). The lowest BCUT2D eigenvalue weighted by Gasteiger charge is -2.23. The van der Waals surface area contributed by atoms with Gasteiger partial charge < -0.3 is 14.8 Å². The number of nitrogens with one attached hydrogen (secondary N) is 1. The van der Waals surface area contributed by atoms with Crippen LogP contribution < -0.4 is 5.32 Å². The Hall–Kier alpha value is -0.330. The summed E-state index contributed by atoms with van der Waals surface area (Å²) < 4.78 is 12.4. The third kappa shape index (κ3) is 4.36. The lowest BCUT2D eigenvalue weighted by atomic mass is 10.0. The first-order chi connectivity index (χ1) is 10.4. The van der Waals surface area contributed by atoms with Gasteiger partial charge in [0.1, 0.15) is 5.60 Å². The summed E-state index contributed by atoms with van der Waals surface area (Å²) in [6.45, 7) is 6.52. The lowest BCUT2D eigenvalue weighted by molar-refractivity contribution is 0.0489. The topological polar surface area (TPSA) is 50.9 Å². The molecule has 0 aromatic carbocycles. The predicted octanol–water partition coefficient (Wildman–Crippen LogP) is 3.77. The molecule has 6 heteroatoms.